The molecule has 1 saturated heterocycles. The summed E-state index contributed by atoms with van der Waals surface area (Å²) in [4.78, 5) is 12.2. The quantitative estimate of drug-likeness (QED) is 0.768. The first-order valence-electron chi connectivity index (χ1n) is 5.63. The number of nitrogens with zero attached hydrogens (tertiary/aromatic N) is 3. The van der Waals surface area contributed by atoms with E-state index in [1.807, 2.05) is 0 Å². The maximum atomic E-state index is 4.99. The molecule has 1 fully saturated rings. The molecule has 0 aromatic carbocycles. The molecule has 0 spiro atoms. The number of methoxy groups -OCH3 is 2. The minimum atomic E-state index is 0.258. The van der Waals surface area contributed by atoms with E-state index in [2.05, 4.69) is 25.6 Å². The van der Waals surface area contributed by atoms with E-state index in [4.69, 9.17) is 9.47 Å². The summed E-state index contributed by atoms with van der Waals surface area (Å²) in [5.41, 5.74) is 0. The van der Waals surface area contributed by atoms with E-state index in [1.165, 1.54) is 14.2 Å². The lowest BCUT2D eigenvalue weighted by Crippen LogP contribution is -2.35. The molecule has 2 rings (SSSR count). The van der Waals surface area contributed by atoms with Gasteiger partial charge in [0.25, 0.3) is 0 Å². The van der Waals surface area contributed by atoms with Crippen LogP contribution in [-0.4, -0.2) is 48.3 Å². The average molecular weight is 239 g/mol. The first-order chi connectivity index (χ1) is 8.31. The van der Waals surface area contributed by atoms with Crippen LogP contribution in [0.4, 0.5) is 5.95 Å². The van der Waals surface area contributed by atoms with Gasteiger partial charge in [0, 0.05) is 6.04 Å². The van der Waals surface area contributed by atoms with Crippen molar-refractivity contribution in [3.8, 4) is 12.0 Å². The summed E-state index contributed by atoms with van der Waals surface area (Å²) in [5, 5.41) is 6.57. The summed E-state index contributed by atoms with van der Waals surface area (Å²) in [6.07, 6.45) is 2.10. The van der Waals surface area contributed by atoms with Gasteiger partial charge in [-0.25, -0.2) is 0 Å². The van der Waals surface area contributed by atoms with Crippen LogP contribution in [-0.2, 0) is 0 Å². The Hall–Kier alpha value is -1.63. The lowest BCUT2D eigenvalue weighted by atomic mass is 10.1. The summed E-state index contributed by atoms with van der Waals surface area (Å²) in [6.45, 7) is 2.02. The molecule has 2 N–H and O–H groups in total. The highest BCUT2D eigenvalue weighted by Gasteiger charge is 2.15. The summed E-state index contributed by atoms with van der Waals surface area (Å²) < 4.78 is 9.98. The smallest absolute Gasteiger partial charge is 0.324 e. The molecule has 0 atom stereocenters. The largest absolute Gasteiger partial charge is 0.467 e. The van der Waals surface area contributed by atoms with Crippen molar-refractivity contribution in [2.45, 2.75) is 18.9 Å². The Morgan fingerprint density at radius 2 is 1.65 bits per heavy atom. The van der Waals surface area contributed by atoms with Crippen molar-refractivity contribution in [2.24, 2.45) is 0 Å². The Labute approximate surface area is 100.0 Å². The van der Waals surface area contributed by atoms with Gasteiger partial charge in [0.05, 0.1) is 14.2 Å². The van der Waals surface area contributed by atoms with Gasteiger partial charge in [-0.1, -0.05) is 0 Å². The molecule has 0 saturated carbocycles. The fourth-order valence-corrected chi connectivity index (χ4v) is 1.73. The zero-order valence-corrected chi connectivity index (χ0v) is 10.1. The van der Waals surface area contributed by atoms with Gasteiger partial charge in [0.1, 0.15) is 0 Å². The molecule has 1 aromatic rings. The second-order valence-electron chi connectivity index (χ2n) is 3.80. The third-order valence-electron chi connectivity index (χ3n) is 2.63. The van der Waals surface area contributed by atoms with Crippen molar-refractivity contribution >= 4 is 5.95 Å². The maximum absolute atomic E-state index is 4.99. The van der Waals surface area contributed by atoms with Crippen molar-refractivity contribution < 1.29 is 9.47 Å². The van der Waals surface area contributed by atoms with Crippen LogP contribution in [0.3, 0.4) is 0 Å². The van der Waals surface area contributed by atoms with E-state index in [1.54, 1.807) is 0 Å². The number of nitrogens with one attached hydrogen (secondary N) is 2. The first kappa shape index (κ1) is 11.8. The van der Waals surface area contributed by atoms with Crippen molar-refractivity contribution in [3.63, 3.8) is 0 Å². The highest BCUT2D eigenvalue weighted by molar-refractivity contribution is 5.29. The summed E-state index contributed by atoms with van der Waals surface area (Å²) in [7, 11) is 3.03. The summed E-state index contributed by atoms with van der Waals surface area (Å²) in [6, 6.07) is 0.898. The van der Waals surface area contributed by atoms with E-state index < -0.39 is 0 Å². The Morgan fingerprint density at radius 1 is 1.06 bits per heavy atom. The molecular weight excluding hydrogens is 222 g/mol. The van der Waals surface area contributed by atoms with Crippen LogP contribution in [0, 0.1) is 0 Å². The normalized spacial score (nSPS) is 16.6. The lowest BCUT2D eigenvalue weighted by molar-refractivity contribution is 0.340. The molecule has 0 aliphatic carbocycles. The second-order valence-corrected chi connectivity index (χ2v) is 3.80. The number of hydrogen-bond acceptors (Lipinski definition) is 7. The van der Waals surface area contributed by atoms with Gasteiger partial charge < -0.3 is 20.1 Å². The molecule has 2 heterocycles. The van der Waals surface area contributed by atoms with Crippen LogP contribution in [0.25, 0.3) is 0 Å². The molecule has 1 aliphatic heterocycles. The Morgan fingerprint density at radius 3 is 2.18 bits per heavy atom. The standard InChI is InChI=1S/C10H17N5O2/c1-16-9-13-8(14-10(15-9)17-2)12-7-3-5-11-6-4-7/h7,11H,3-6H2,1-2H3,(H,12,13,14,15). The molecule has 94 valence electrons. The highest BCUT2D eigenvalue weighted by atomic mass is 16.5. The summed E-state index contributed by atoms with van der Waals surface area (Å²) >= 11 is 0. The number of rotatable bonds is 4. The van der Waals surface area contributed by atoms with Crippen LogP contribution in [0.5, 0.6) is 12.0 Å². The van der Waals surface area contributed by atoms with Crippen molar-refractivity contribution in [1.29, 1.82) is 0 Å². The van der Waals surface area contributed by atoms with Crippen LogP contribution in [0.2, 0.25) is 0 Å². The molecule has 0 bridgehead atoms. The van der Waals surface area contributed by atoms with Gasteiger partial charge in [-0.15, -0.1) is 4.98 Å². The van der Waals surface area contributed by atoms with Gasteiger partial charge in [-0.05, 0) is 25.9 Å². The summed E-state index contributed by atoms with van der Waals surface area (Å²) in [5.74, 6) is 0.501. The zero-order chi connectivity index (χ0) is 12.1. The zero-order valence-electron chi connectivity index (χ0n) is 10.1. The highest BCUT2D eigenvalue weighted by Crippen LogP contribution is 2.15. The predicted molar refractivity (Wildman–Crippen MR) is 62.4 cm³/mol. The van der Waals surface area contributed by atoms with E-state index in [0.29, 0.717) is 12.0 Å². The third kappa shape index (κ3) is 3.16. The Kier molecular flexibility index (Phi) is 3.92. The van der Waals surface area contributed by atoms with Crippen LogP contribution in [0.1, 0.15) is 12.8 Å². The van der Waals surface area contributed by atoms with E-state index in [-0.39, 0.29) is 12.0 Å². The molecule has 0 amide bonds. The molecular formula is C10H17N5O2. The number of aromatic nitrogens is 3. The topological polar surface area (TPSA) is 81.2 Å². The molecule has 1 aliphatic rings. The first-order valence-corrected chi connectivity index (χ1v) is 5.63. The fraction of sp³-hybridized carbons (Fsp3) is 0.700. The minimum Gasteiger partial charge on any atom is -0.467 e. The molecule has 1 aromatic heterocycles. The van der Waals surface area contributed by atoms with Gasteiger partial charge >= 0.3 is 12.0 Å². The Bertz CT molecular complexity index is 345. The van der Waals surface area contributed by atoms with Crippen LogP contribution >= 0.6 is 0 Å². The number of ether oxygens (including phenoxy) is 2. The molecule has 0 radical (unpaired) electrons. The van der Waals surface area contributed by atoms with E-state index in [0.717, 1.165) is 25.9 Å². The average Bonchev–Trinajstić information content (AvgIpc) is 2.39. The molecule has 0 unspecified atom stereocenters. The number of hydrogen-bond donors (Lipinski definition) is 2. The monoisotopic (exact) mass is 239 g/mol. The minimum absolute atomic E-state index is 0.258. The Balaban J connectivity index is 2.07. The second kappa shape index (κ2) is 5.62. The van der Waals surface area contributed by atoms with Crippen molar-refractivity contribution in [2.75, 3.05) is 32.6 Å². The predicted octanol–water partition coefficient (Wildman–Crippen LogP) is 0.0527. The third-order valence-corrected chi connectivity index (χ3v) is 2.63. The van der Waals surface area contributed by atoms with Gasteiger partial charge in [-0.2, -0.15) is 9.97 Å². The van der Waals surface area contributed by atoms with Crippen LogP contribution in [0.15, 0.2) is 0 Å². The van der Waals surface area contributed by atoms with Crippen LogP contribution < -0.4 is 20.1 Å². The molecule has 7 nitrogen and oxygen atoms in total. The molecule has 7 heteroatoms. The van der Waals surface area contributed by atoms with E-state index in [9.17, 15) is 0 Å². The number of anilines is 1. The van der Waals surface area contributed by atoms with Gasteiger partial charge in [-0.3, -0.25) is 0 Å². The lowest BCUT2D eigenvalue weighted by Gasteiger charge is -2.23. The molecule has 17 heavy (non-hydrogen) atoms. The van der Waals surface area contributed by atoms with Crippen molar-refractivity contribution in [1.82, 2.24) is 20.3 Å². The van der Waals surface area contributed by atoms with E-state index >= 15 is 0 Å². The van der Waals surface area contributed by atoms with Crippen molar-refractivity contribution in [3.05, 3.63) is 0 Å². The van der Waals surface area contributed by atoms with Gasteiger partial charge in [0.15, 0.2) is 0 Å². The van der Waals surface area contributed by atoms with Gasteiger partial charge in [0.2, 0.25) is 5.95 Å². The SMILES string of the molecule is COc1nc(NC2CCNCC2)nc(OC)n1. The maximum Gasteiger partial charge on any atom is 0.324 e. The number of piperidine rings is 1. The fourth-order valence-electron chi connectivity index (χ4n) is 1.73.